The van der Waals surface area contributed by atoms with Gasteiger partial charge in [-0.15, -0.1) is 0 Å². The van der Waals surface area contributed by atoms with Crippen LogP contribution in [0.4, 0.5) is 11.4 Å². The van der Waals surface area contributed by atoms with Crippen LogP contribution < -0.4 is 11.1 Å². The molecule has 0 spiro atoms. The fraction of sp³-hybridized carbons (Fsp3) is 0.538. The lowest BCUT2D eigenvalue weighted by Crippen LogP contribution is -2.23. The van der Waals surface area contributed by atoms with Crippen molar-refractivity contribution in [3.05, 3.63) is 23.8 Å². The second-order valence-electron chi connectivity index (χ2n) is 4.45. The van der Waals surface area contributed by atoms with Crippen molar-refractivity contribution >= 4 is 11.4 Å². The lowest BCUT2D eigenvalue weighted by molar-refractivity contribution is 0.494. The number of anilines is 2. The molecule has 1 rings (SSSR count). The normalized spacial score (nSPS) is 14.7. The molecule has 84 valence electrons. The summed E-state index contributed by atoms with van der Waals surface area (Å²) in [5.74, 6) is 0.673. The summed E-state index contributed by atoms with van der Waals surface area (Å²) >= 11 is 0. The molecule has 0 bridgehead atoms. The molecule has 1 aromatic carbocycles. The molecule has 0 fully saturated rings. The first kappa shape index (κ1) is 11.9. The van der Waals surface area contributed by atoms with Gasteiger partial charge in [-0.3, -0.25) is 0 Å². The second-order valence-corrected chi connectivity index (χ2v) is 4.45. The van der Waals surface area contributed by atoms with Gasteiger partial charge < -0.3 is 11.1 Å². The van der Waals surface area contributed by atoms with Gasteiger partial charge >= 0.3 is 0 Å². The van der Waals surface area contributed by atoms with E-state index >= 15 is 0 Å². The van der Waals surface area contributed by atoms with Gasteiger partial charge in [0.05, 0.1) is 0 Å². The van der Waals surface area contributed by atoms with E-state index in [-0.39, 0.29) is 0 Å². The summed E-state index contributed by atoms with van der Waals surface area (Å²) in [6, 6.07) is 6.59. The molecule has 2 atom stereocenters. The Bertz CT molecular complexity index is 300. The topological polar surface area (TPSA) is 38.0 Å². The number of nitrogen functional groups attached to an aromatic ring is 1. The molecule has 0 amide bonds. The van der Waals surface area contributed by atoms with Gasteiger partial charge in [0.2, 0.25) is 0 Å². The summed E-state index contributed by atoms with van der Waals surface area (Å²) in [6.45, 7) is 8.76. The van der Waals surface area contributed by atoms with Gasteiger partial charge in [0.25, 0.3) is 0 Å². The quantitative estimate of drug-likeness (QED) is 0.741. The maximum absolute atomic E-state index is 5.80. The highest BCUT2D eigenvalue weighted by molar-refractivity contribution is 5.57. The van der Waals surface area contributed by atoms with E-state index in [0.29, 0.717) is 12.0 Å². The van der Waals surface area contributed by atoms with Gasteiger partial charge in [-0.2, -0.15) is 0 Å². The molecule has 2 heteroatoms. The third-order valence-electron chi connectivity index (χ3n) is 2.99. The molecule has 0 saturated carbocycles. The average Bonchev–Trinajstić information content (AvgIpc) is 2.14. The van der Waals surface area contributed by atoms with E-state index in [1.807, 2.05) is 12.1 Å². The molecule has 0 aliphatic carbocycles. The van der Waals surface area contributed by atoms with Crippen molar-refractivity contribution in [1.29, 1.82) is 0 Å². The number of hydrogen-bond donors (Lipinski definition) is 2. The van der Waals surface area contributed by atoms with E-state index < -0.39 is 0 Å². The summed E-state index contributed by atoms with van der Waals surface area (Å²) in [7, 11) is 0. The van der Waals surface area contributed by atoms with Gasteiger partial charge in [0, 0.05) is 17.4 Å². The summed E-state index contributed by atoms with van der Waals surface area (Å²) < 4.78 is 0. The largest absolute Gasteiger partial charge is 0.399 e. The minimum atomic E-state index is 0.483. The van der Waals surface area contributed by atoms with Crippen molar-refractivity contribution in [2.45, 2.75) is 40.2 Å². The fourth-order valence-electron chi connectivity index (χ4n) is 1.65. The van der Waals surface area contributed by atoms with Crippen LogP contribution in [0.15, 0.2) is 18.2 Å². The smallest absolute Gasteiger partial charge is 0.0365 e. The second kappa shape index (κ2) is 5.06. The molecule has 3 N–H and O–H groups in total. The molecule has 0 aliphatic rings. The molecule has 1 aromatic rings. The van der Waals surface area contributed by atoms with Crippen LogP contribution in [0.5, 0.6) is 0 Å². The van der Waals surface area contributed by atoms with Gasteiger partial charge in [-0.1, -0.05) is 20.3 Å². The molecule has 0 saturated heterocycles. The summed E-state index contributed by atoms with van der Waals surface area (Å²) in [5.41, 5.74) is 8.96. The van der Waals surface area contributed by atoms with Crippen LogP contribution in [-0.2, 0) is 0 Å². The molecule has 0 aliphatic heterocycles. The molecule has 0 heterocycles. The Labute approximate surface area is 92.9 Å². The lowest BCUT2D eigenvalue weighted by Gasteiger charge is -2.21. The summed E-state index contributed by atoms with van der Waals surface area (Å²) in [6.07, 6.45) is 1.19. The highest BCUT2D eigenvalue weighted by Crippen LogP contribution is 2.19. The lowest BCUT2D eigenvalue weighted by atomic mass is 10.0. The maximum atomic E-state index is 5.80. The van der Waals surface area contributed by atoms with E-state index in [0.717, 1.165) is 11.4 Å². The van der Waals surface area contributed by atoms with Crippen molar-refractivity contribution in [2.24, 2.45) is 5.92 Å². The SMILES string of the molecule is CCC(C)C(C)Nc1cc(C)cc(N)c1. The van der Waals surface area contributed by atoms with Crippen LogP contribution in [0.2, 0.25) is 0 Å². The molecular formula is C13H22N2. The van der Waals surface area contributed by atoms with E-state index in [2.05, 4.69) is 39.1 Å². The van der Waals surface area contributed by atoms with Gasteiger partial charge in [0.15, 0.2) is 0 Å². The third-order valence-corrected chi connectivity index (χ3v) is 2.99. The molecule has 0 radical (unpaired) electrons. The number of rotatable bonds is 4. The van der Waals surface area contributed by atoms with E-state index in [9.17, 15) is 0 Å². The van der Waals surface area contributed by atoms with E-state index in [4.69, 9.17) is 5.73 Å². The zero-order valence-electron chi connectivity index (χ0n) is 10.2. The van der Waals surface area contributed by atoms with Crippen LogP contribution in [0, 0.1) is 12.8 Å². The minimum Gasteiger partial charge on any atom is -0.399 e. The van der Waals surface area contributed by atoms with Crippen molar-refractivity contribution in [3.8, 4) is 0 Å². The number of nitrogens with two attached hydrogens (primary N) is 1. The average molecular weight is 206 g/mol. The predicted octanol–water partition coefficient (Wildman–Crippen LogP) is 3.42. The first-order valence-corrected chi connectivity index (χ1v) is 5.66. The summed E-state index contributed by atoms with van der Waals surface area (Å²) in [5, 5.41) is 3.49. The molecule has 2 unspecified atom stereocenters. The van der Waals surface area contributed by atoms with E-state index in [1.54, 1.807) is 0 Å². The molecular weight excluding hydrogens is 184 g/mol. The monoisotopic (exact) mass is 206 g/mol. The fourth-order valence-corrected chi connectivity index (χ4v) is 1.65. The van der Waals surface area contributed by atoms with Crippen molar-refractivity contribution in [3.63, 3.8) is 0 Å². The number of aryl methyl sites for hydroxylation is 1. The van der Waals surface area contributed by atoms with E-state index in [1.165, 1.54) is 12.0 Å². The molecule has 0 aromatic heterocycles. The first-order valence-electron chi connectivity index (χ1n) is 5.66. The van der Waals surface area contributed by atoms with Crippen LogP contribution in [-0.4, -0.2) is 6.04 Å². The van der Waals surface area contributed by atoms with Crippen LogP contribution in [0.1, 0.15) is 32.8 Å². The Kier molecular flexibility index (Phi) is 4.01. The van der Waals surface area contributed by atoms with Gasteiger partial charge in [0.1, 0.15) is 0 Å². The Morgan fingerprint density at radius 1 is 1.27 bits per heavy atom. The van der Waals surface area contributed by atoms with Gasteiger partial charge in [-0.25, -0.2) is 0 Å². The predicted molar refractivity (Wildman–Crippen MR) is 68.1 cm³/mol. The Balaban J connectivity index is 2.72. The molecule has 15 heavy (non-hydrogen) atoms. The van der Waals surface area contributed by atoms with Crippen LogP contribution in [0.3, 0.4) is 0 Å². The zero-order chi connectivity index (χ0) is 11.4. The highest BCUT2D eigenvalue weighted by Gasteiger charge is 2.09. The minimum absolute atomic E-state index is 0.483. The number of nitrogens with one attached hydrogen (secondary N) is 1. The van der Waals surface area contributed by atoms with Crippen LogP contribution in [0.25, 0.3) is 0 Å². The Morgan fingerprint density at radius 3 is 2.47 bits per heavy atom. The van der Waals surface area contributed by atoms with Gasteiger partial charge in [-0.05, 0) is 43.5 Å². The standard InChI is InChI=1S/C13H22N2/c1-5-10(3)11(4)15-13-7-9(2)6-12(14)8-13/h6-8,10-11,15H,5,14H2,1-4H3. The highest BCUT2D eigenvalue weighted by atomic mass is 14.9. The van der Waals surface area contributed by atoms with Crippen molar-refractivity contribution < 1.29 is 0 Å². The number of hydrogen-bond acceptors (Lipinski definition) is 2. The first-order chi connectivity index (χ1) is 7.02. The third kappa shape index (κ3) is 3.46. The number of benzene rings is 1. The molecule has 2 nitrogen and oxygen atoms in total. The zero-order valence-corrected chi connectivity index (χ0v) is 10.2. The summed E-state index contributed by atoms with van der Waals surface area (Å²) in [4.78, 5) is 0. The Hall–Kier alpha value is -1.18. The van der Waals surface area contributed by atoms with Crippen molar-refractivity contribution in [1.82, 2.24) is 0 Å². The van der Waals surface area contributed by atoms with Crippen LogP contribution >= 0.6 is 0 Å². The maximum Gasteiger partial charge on any atom is 0.0365 e. The Morgan fingerprint density at radius 2 is 1.93 bits per heavy atom. The van der Waals surface area contributed by atoms with Crippen molar-refractivity contribution in [2.75, 3.05) is 11.1 Å².